The molecule has 0 atom stereocenters. The number of aliphatic hydroxyl groups is 1. The quantitative estimate of drug-likeness (QED) is 0.406. The van der Waals surface area contributed by atoms with Crippen molar-refractivity contribution in [2.75, 3.05) is 7.11 Å². The fourth-order valence-corrected chi connectivity index (χ4v) is 0.624. The molecule has 0 fully saturated rings. The number of hydrogen-bond donors (Lipinski definition) is 1. The standard InChI is InChI=1S/C9H12O4/c1-6(2)4-7(10)5-8(11)9(12)13-3/h4-5,11H,1-3H3/b8-5+. The van der Waals surface area contributed by atoms with E-state index >= 15 is 0 Å². The second-order valence-corrected chi connectivity index (χ2v) is 2.65. The Labute approximate surface area is 76.5 Å². The Hall–Kier alpha value is -1.58. The van der Waals surface area contributed by atoms with Crippen molar-refractivity contribution in [2.45, 2.75) is 13.8 Å². The van der Waals surface area contributed by atoms with Gasteiger partial charge in [-0.05, 0) is 19.9 Å². The number of carbonyl (C=O) groups excluding carboxylic acids is 2. The van der Waals surface area contributed by atoms with Crippen LogP contribution >= 0.6 is 0 Å². The van der Waals surface area contributed by atoms with Gasteiger partial charge in [-0.15, -0.1) is 0 Å². The van der Waals surface area contributed by atoms with Crippen LogP contribution in [-0.2, 0) is 14.3 Å². The zero-order valence-electron chi connectivity index (χ0n) is 7.83. The molecule has 0 unspecified atom stereocenters. The summed E-state index contributed by atoms with van der Waals surface area (Å²) < 4.78 is 4.19. The Morgan fingerprint density at radius 3 is 2.15 bits per heavy atom. The van der Waals surface area contributed by atoms with Crippen LogP contribution in [0.15, 0.2) is 23.5 Å². The van der Waals surface area contributed by atoms with E-state index in [4.69, 9.17) is 5.11 Å². The van der Waals surface area contributed by atoms with E-state index in [1.165, 1.54) is 6.08 Å². The lowest BCUT2D eigenvalue weighted by Crippen LogP contribution is -2.05. The molecule has 0 radical (unpaired) electrons. The van der Waals surface area contributed by atoms with E-state index in [9.17, 15) is 9.59 Å². The summed E-state index contributed by atoms with van der Waals surface area (Å²) in [6, 6.07) is 0. The number of ketones is 1. The van der Waals surface area contributed by atoms with Gasteiger partial charge in [0.2, 0.25) is 5.76 Å². The van der Waals surface area contributed by atoms with Gasteiger partial charge >= 0.3 is 5.97 Å². The summed E-state index contributed by atoms with van der Waals surface area (Å²) >= 11 is 0. The van der Waals surface area contributed by atoms with E-state index in [-0.39, 0.29) is 0 Å². The number of hydrogen-bond acceptors (Lipinski definition) is 4. The van der Waals surface area contributed by atoms with Gasteiger partial charge in [-0.3, -0.25) is 4.79 Å². The van der Waals surface area contributed by atoms with E-state index in [1.54, 1.807) is 13.8 Å². The molecule has 0 aliphatic heterocycles. The Balaban J connectivity index is 4.49. The van der Waals surface area contributed by atoms with Crippen molar-refractivity contribution >= 4 is 11.8 Å². The minimum Gasteiger partial charge on any atom is -0.502 e. The van der Waals surface area contributed by atoms with Crippen LogP contribution in [0.25, 0.3) is 0 Å². The highest BCUT2D eigenvalue weighted by atomic mass is 16.5. The third kappa shape index (κ3) is 4.79. The molecule has 0 spiro atoms. The maximum atomic E-state index is 11.0. The predicted octanol–water partition coefficient (Wildman–Crippen LogP) is 1.14. The zero-order chi connectivity index (χ0) is 10.4. The summed E-state index contributed by atoms with van der Waals surface area (Å²) in [6.07, 6.45) is 2.12. The molecule has 0 saturated carbocycles. The van der Waals surface area contributed by atoms with Gasteiger partial charge in [-0.25, -0.2) is 4.79 Å². The Morgan fingerprint density at radius 1 is 1.23 bits per heavy atom. The maximum absolute atomic E-state index is 11.0. The number of aliphatic hydroxyl groups excluding tert-OH is 1. The van der Waals surface area contributed by atoms with Crippen LogP contribution < -0.4 is 0 Å². The average Bonchev–Trinajstić information content (AvgIpc) is 2.01. The molecule has 4 nitrogen and oxygen atoms in total. The van der Waals surface area contributed by atoms with Crippen molar-refractivity contribution in [2.24, 2.45) is 0 Å². The molecule has 0 aromatic carbocycles. The van der Waals surface area contributed by atoms with Gasteiger partial charge < -0.3 is 9.84 Å². The fourth-order valence-electron chi connectivity index (χ4n) is 0.624. The second kappa shape index (κ2) is 5.13. The Kier molecular flexibility index (Phi) is 4.51. The number of esters is 1. The van der Waals surface area contributed by atoms with Gasteiger partial charge in [0.15, 0.2) is 5.78 Å². The maximum Gasteiger partial charge on any atom is 0.373 e. The highest BCUT2D eigenvalue weighted by Crippen LogP contribution is 1.95. The first-order valence-corrected chi connectivity index (χ1v) is 3.65. The fraction of sp³-hybridized carbons (Fsp3) is 0.333. The number of methoxy groups -OCH3 is 1. The molecule has 0 saturated heterocycles. The molecule has 0 bridgehead atoms. The molecule has 0 aromatic heterocycles. The molecule has 1 N–H and O–H groups in total. The highest BCUT2D eigenvalue weighted by molar-refractivity contribution is 6.04. The van der Waals surface area contributed by atoms with Crippen molar-refractivity contribution < 1.29 is 19.4 Å². The zero-order valence-corrected chi connectivity index (χ0v) is 7.83. The summed E-state index contributed by atoms with van der Waals surface area (Å²) in [5.41, 5.74) is 0.791. The average molecular weight is 184 g/mol. The number of rotatable bonds is 3. The lowest BCUT2D eigenvalue weighted by molar-refractivity contribution is -0.139. The minimum absolute atomic E-state index is 0.442. The summed E-state index contributed by atoms with van der Waals surface area (Å²) in [6.45, 7) is 3.47. The first-order chi connectivity index (χ1) is 5.97. The van der Waals surface area contributed by atoms with E-state index < -0.39 is 17.5 Å². The first kappa shape index (κ1) is 11.4. The number of allylic oxidation sites excluding steroid dienone is 3. The molecule has 0 rings (SSSR count). The Morgan fingerprint density at radius 2 is 1.77 bits per heavy atom. The second-order valence-electron chi connectivity index (χ2n) is 2.65. The SMILES string of the molecule is COC(=O)/C(O)=C\C(=O)C=C(C)C. The van der Waals surface area contributed by atoms with Crippen molar-refractivity contribution in [3.05, 3.63) is 23.5 Å². The lowest BCUT2D eigenvalue weighted by atomic mass is 10.2. The molecule has 13 heavy (non-hydrogen) atoms. The van der Waals surface area contributed by atoms with Crippen LogP contribution in [0.3, 0.4) is 0 Å². The van der Waals surface area contributed by atoms with Crippen molar-refractivity contribution in [1.29, 1.82) is 0 Å². The van der Waals surface area contributed by atoms with Crippen LogP contribution in [0.2, 0.25) is 0 Å². The molecule has 4 heteroatoms. The van der Waals surface area contributed by atoms with Gasteiger partial charge in [0.1, 0.15) is 0 Å². The van der Waals surface area contributed by atoms with Gasteiger partial charge in [0.25, 0.3) is 0 Å². The largest absolute Gasteiger partial charge is 0.502 e. The van der Waals surface area contributed by atoms with Gasteiger partial charge in [-0.1, -0.05) is 5.57 Å². The topological polar surface area (TPSA) is 63.6 Å². The molecule has 0 aliphatic rings. The van der Waals surface area contributed by atoms with E-state index in [0.29, 0.717) is 0 Å². The van der Waals surface area contributed by atoms with E-state index in [1.807, 2.05) is 0 Å². The summed E-state index contributed by atoms with van der Waals surface area (Å²) in [5, 5.41) is 8.94. The molecule has 0 amide bonds. The third-order valence-corrected chi connectivity index (χ3v) is 1.10. The van der Waals surface area contributed by atoms with Gasteiger partial charge in [0, 0.05) is 6.08 Å². The molecule has 72 valence electrons. The molecular weight excluding hydrogens is 172 g/mol. The minimum atomic E-state index is -0.921. The van der Waals surface area contributed by atoms with Crippen molar-refractivity contribution in [3.63, 3.8) is 0 Å². The first-order valence-electron chi connectivity index (χ1n) is 3.65. The Bertz CT molecular complexity index is 269. The smallest absolute Gasteiger partial charge is 0.373 e. The van der Waals surface area contributed by atoms with Crippen LogP contribution in [-0.4, -0.2) is 24.0 Å². The monoisotopic (exact) mass is 184 g/mol. The van der Waals surface area contributed by atoms with E-state index in [2.05, 4.69) is 4.74 Å². The third-order valence-electron chi connectivity index (χ3n) is 1.10. The van der Waals surface area contributed by atoms with Crippen LogP contribution in [0.4, 0.5) is 0 Å². The summed E-state index contributed by atoms with van der Waals surface area (Å²) in [7, 11) is 1.12. The van der Waals surface area contributed by atoms with Crippen LogP contribution in [0.1, 0.15) is 13.8 Å². The van der Waals surface area contributed by atoms with Crippen LogP contribution in [0, 0.1) is 0 Å². The summed E-state index contributed by atoms with van der Waals surface area (Å²) in [5.74, 6) is -2.05. The van der Waals surface area contributed by atoms with E-state index in [0.717, 1.165) is 18.8 Å². The van der Waals surface area contributed by atoms with Crippen molar-refractivity contribution in [3.8, 4) is 0 Å². The molecule has 0 heterocycles. The summed E-state index contributed by atoms with van der Waals surface area (Å²) in [4.78, 5) is 21.6. The molecular formula is C9H12O4. The normalized spacial score (nSPS) is 10.5. The van der Waals surface area contributed by atoms with Gasteiger partial charge in [0.05, 0.1) is 7.11 Å². The highest BCUT2D eigenvalue weighted by Gasteiger charge is 2.07. The molecule has 0 aliphatic carbocycles. The molecule has 0 aromatic rings. The van der Waals surface area contributed by atoms with Gasteiger partial charge in [-0.2, -0.15) is 0 Å². The van der Waals surface area contributed by atoms with Crippen molar-refractivity contribution in [1.82, 2.24) is 0 Å². The van der Waals surface area contributed by atoms with Crippen LogP contribution in [0.5, 0.6) is 0 Å². The lowest BCUT2D eigenvalue weighted by Gasteiger charge is -1.95. The number of ether oxygens (including phenoxy) is 1. The predicted molar refractivity (Wildman–Crippen MR) is 47.2 cm³/mol. The number of carbonyl (C=O) groups is 2.